The normalized spacial score (nSPS) is 10.8. The van der Waals surface area contributed by atoms with Crippen LogP contribution in [0.4, 0.5) is 11.4 Å². The molecule has 0 spiro atoms. The van der Waals surface area contributed by atoms with Crippen molar-refractivity contribution in [3.05, 3.63) is 52.3 Å². The number of nitrogens with zero attached hydrogens (tertiary/aromatic N) is 3. The zero-order valence-electron chi connectivity index (χ0n) is 11.1. The van der Waals surface area contributed by atoms with Crippen molar-refractivity contribution < 1.29 is 0 Å². The van der Waals surface area contributed by atoms with Gasteiger partial charge in [-0.3, -0.25) is 10.4 Å². The summed E-state index contributed by atoms with van der Waals surface area (Å²) in [6.07, 6.45) is 4.72. The topological polar surface area (TPSA) is 40.5 Å². The second-order valence-corrected chi connectivity index (χ2v) is 5.15. The van der Waals surface area contributed by atoms with Crippen molar-refractivity contribution in [2.75, 3.05) is 24.4 Å². The van der Waals surface area contributed by atoms with E-state index in [-0.39, 0.29) is 0 Å². The summed E-state index contributed by atoms with van der Waals surface area (Å²) in [7, 11) is 4.00. The molecule has 0 amide bonds. The molecule has 0 radical (unpaired) electrons. The second kappa shape index (κ2) is 6.59. The lowest BCUT2D eigenvalue weighted by Crippen LogP contribution is -2.08. The van der Waals surface area contributed by atoms with Crippen LogP contribution in [0.1, 0.15) is 5.56 Å². The van der Waals surface area contributed by atoms with Gasteiger partial charge < -0.3 is 4.90 Å². The molecular formula is C14H14Cl2N4. The van der Waals surface area contributed by atoms with Gasteiger partial charge >= 0.3 is 0 Å². The number of hydrogen-bond acceptors (Lipinski definition) is 4. The van der Waals surface area contributed by atoms with E-state index in [0.29, 0.717) is 15.7 Å². The first kappa shape index (κ1) is 14.6. The highest BCUT2D eigenvalue weighted by Gasteiger charge is 2.04. The number of hydrogen-bond donors (Lipinski definition) is 1. The maximum Gasteiger partial charge on any atom is 0.0965 e. The molecule has 6 heteroatoms. The third-order valence-electron chi connectivity index (χ3n) is 2.65. The van der Waals surface area contributed by atoms with E-state index >= 15 is 0 Å². The van der Waals surface area contributed by atoms with E-state index in [1.807, 2.05) is 43.3 Å². The van der Waals surface area contributed by atoms with Crippen molar-refractivity contribution in [2.24, 2.45) is 5.10 Å². The third-order valence-corrected chi connectivity index (χ3v) is 3.23. The number of pyridine rings is 1. The maximum absolute atomic E-state index is 5.98. The average molecular weight is 309 g/mol. The van der Waals surface area contributed by atoms with Gasteiger partial charge in [0.15, 0.2) is 0 Å². The minimum absolute atomic E-state index is 0.428. The molecule has 0 saturated heterocycles. The third kappa shape index (κ3) is 3.62. The SMILES string of the molecule is CN(C)c1ccc(/C=N\Nc2c(Cl)cncc2Cl)cc1. The van der Waals surface area contributed by atoms with Crippen molar-refractivity contribution in [3.63, 3.8) is 0 Å². The van der Waals surface area contributed by atoms with E-state index in [1.165, 1.54) is 12.4 Å². The van der Waals surface area contributed by atoms with Gasteiger partial charge in [0, 0.05) is 32.2 Å². The summed E-state index contributed by atoms with van der Waals surface area (Å²) in [5.74, 6) is 0. The molecule has 0 saturated carbocycles. The van der Waals surface area contributed by atoms with Crippen molar-refractivity contribution in [3.8, 4) is 0 Å². The van der Waals surface area contributed by atoms with E-state index in [1.54, 1.807) is 6.21 Å². The summed E-state index contributed by atoms with van der Waals surface area (Å²) < 4.78 is 0. The molecule has 4 nitrogen and oxygen atoms in total. The van der Waals surface area contributed by atoms with Gasteiger partial charge in [-0.1, -0.05) is 35.3 Å². The van der Waals surface area contributed by atoms with Crippen LogP contribution in [0.5, 0.6) is 0 Å². The fraction of sp³-hybridized carbons (Fsp3) is 0.143. The summed E-state index contributed by atoms with van der Waals surface area (Å²) in [5.41, 5.74) is 5.48. The maximum atomic E-state index is 5.98. The number of benzene rings is 1. The van der Waals surface area contributed by atoms with Crippen molar-refractivity contribution in [2.45, 2.75) is 0 Å². The highest BCUT2D eigenvalue weighted by atomic mass is 35.5. The monoisotopic (exact) mass is 308 g/mol. The van der Waals surface area contributed by atoms with Crippen LogP contribution < -0.4 is 10.3 Å². The molecule has 104 valence electrons. The van der Waals surface area contributed by atoms with Gasteiger partial charge in [-0.2, -0.15) is 5.10 Å². The predicted molar refractivity (Wildman–Crippen MR) is 86.2 cm³/mol. The largest absolute Gasteiger partial charge is 0.378 e. The fourth-order valence-electron chi connectivity index (χ4n) is 1.55. The van der Waals surface area contributed by atoms with Crippen LogP contribution in [0.25, 0.3) is 0 Å². The molecule has 0 aliphatic carbocycles. The van der Waals surface area contributed by atoms with E-state index in [9.17, 15) is 0 Å². The Bertz CT molecular complexity index is 589. The number of hydrazone groups is 1. The first-order valence-corrected chi connectivity index (χ1v) is 6.69. The quantitative estimate of drug-likeness (QED) is 0.688. The summed E-state index contributed by atoms with van der Waals surface area (Å²) in [6.45, 7) is 0. The Morgan fingerprint density at radius 1 is 1.10 bits per heavy atom. The molecule has 1 N–H and O–H groups in total. The Labute approximate surface area is 128 Å². The average Bonchev–Trinajstić information content (AvgIpc) is 2.42. The first-order chi connectivity index (χ1) is 9.58. The zero-order valence-corrected chi connectivity index (χ0v) is 12.7. The summed E-state index contributed by atoms with van der Waals surface area (Å²) >= 11 is 12.0. The van der Waals surface area contributed by atoms with E-state index in [0.717, 1.165) is 11.3 Å². The molecule has 2 aromatic rings. The second-order valence-electron chi connectivity index (χ2n) is 4.33. The van der Waals surface area contributed by atoms with E-state index < -0.39 is 0 Å². The zero-order chi connectivity index (χ0) is 14.5. The highest BCUT2D eigenvalue weighted by Crippen LogP contribution is 2.28. The van der Waals surface area contributed by atoms with Crippen LogP contribution in [-0.4, -0.2) is 25.3 Å². The molecule has 0 bridgehead atoms. The molecule has 0 fully saturated rings. The predicted octanol–water partition coefficient (Wildman–Crippen LogP) is 3.90. The Hall–Kier alpha value is -1.78. The van der Waals surface area contributed by atoms with Gasteiger partial charge in [-0.25, -0.2) is 0 Å². The lowest BCUT2D eigenvalue weighted by molar-refractivity contribution is 1.13. The van der Waals surface area contributed by atoms with E-state index in [4.69, 9.17) is 23.2 Å². The molecule has 1 aromatic heterocycles. The number of nitrogens with one attached hydrogen (secondary N) is 1. The van der Waals surface area contributed by atoms with Crippen LogP contribution in [0.15, 0.2) is 41.8 Å². The van der Waals surface area contributed by atoms with Gasteiger partial charge in [-0.05, 0) is 17.7 Å². The van der Waals surface area contributed by atoms with Gasteiger partial charge in [0.1, 0.15) is 0 Å². The van der Waals surface area contributed by atoms with E-state index in [2.05, 4.69) is 15.5 Å². The summed E-state index contributed by atoms with van der Waals surface area (Å²) in [5, 5.41) is 4.98. The van der Waals surface area contributed by atoms with Crippen LogP contribution in [-0.2, 0) is 0 Å². The Kier molecular flexibility index (Phi) is 4.82. The van der Waals surface area contributed by atoms with Crippen molar-refractivity contribution in [1.29, 1.82) is 0 Å². The molecule has 0 atom stereocenters. The minimum Gasteiger partial charge on any atom is -0.378 e. The van der Waals surface area contributed by atoms with Crippen molar-refractivity contribution in [1.82, 2.24) is 4.98 Å². The molecule has 0 aliphatic heterocycles. The highest BCUT2D eigenvalue weighted by molar-refractivity contribution is 6.38. The van der Waals surface area contributed by atoms with Crippen molar-refractivity contribution >= 4 is 40.8 Å². The van der Waals surface area contributed by atoms with Crippen LogP contribution in [0, 0.1) is 0 Å². The van der Waals surface area contributed by atoms with Crippen LogP contribution in [0.2, 0.25) is 10.0 Å². The van der Waals surface area contributed by atoms with Gasteiger partial charge in [0.05, 0.1) is 21.9 Å². The van der Waals surface area contributed by atoms with Crippen LogP contribution in [0.3, 0.4) is 0 Å². The Balaban J connectivity index is 2.07. The lowest BCUT2D eigenvalue weighted by Gasteiger charge is -2.11. The van der Waals surface area contributed by atoms with Gasteiger partial charge in [-0.15, -0.1) is 0 Å². The van der Waals surface area contributed by atoms with Crippen LogP contribution >= 0.6 is 23.2 Å². The van der Waals surface area contributed by atoms with Gasteiger partial charge in [0.2, 0.25) is 0 Å². The molecule has 0 unspecified atom stereocenters. The number of halogens is 2. The number of anilines is 2. The first-order valence-electron chi connectivity index (χ1n) is 5.93. The fourth-order valence-corrected chi connectivity index (χ4v) is 2.00. The molecule has 20 heavy (non-hydrogen) atoms. The molecule has 2 rings (SSSR count). The standard InChI is InChI=1S/C14H14Cl2N4/c1-20(2)11-5-3-10(4-6-11)7-18-19-14-12(15)8-17-9-13(14)16/h3-9H,1-2H3,(H,17,19)/b18-7-. The summed E-state index contributed by atoms with van der Waals surface area (Å²) in [6, 6.07) is 8.01. The molecular weight excluding hydrogens is 295 g/mol. The Morgan fingerprint density at radius 3 is 2.25 bits per heavy atom. The molecule has 0 aliphatic rings. The number of aromatic nitrogens is 1. The Morgan fingerprint density at radius 2 is 1.70 bits per heavy atom. The molecule has 1 aromatic carbocycles. The minimum atomic E-state index is 0.428. The summed E-state index contributed by atoms with van der Waals surface area (Å²) in [4.78, 5) is 5.91. The smallest absolute Gasteiger partial charge is 0.0965 e. The number of rotatable bonds is 4. The van der Waals surface area contributed by atoms with Gasteiger partial charge in [0.25, 0.3) is 0 Å². The molecule has 1 heterocycles. The lowest BCUT2D eigenvalue weighted by atomic mass is 10.2.